The van der Waals surface area contributed by atoms with Gasteiger partial charge in [0.05, 0.1) is 24.4 Å². The van der Waals surface area contributed by atoms with Gasteiger partial charge in [-0.25, -0.2) is 0 Å². The van der Waals surface area contributed by atoms with Gasteiger partial charge in [0.25, 0.3) is 5.91 Å². The summed E-state index contributed by atoms with van der Waals surface area (Å²) in [6, 6.07) is -0.0747. The Kier molecular flexibility index (Phi) is 4.77. The van der Waals surface area contributed by atoms with Crippen molar-refractivity contribution in [2.45, 2.75) is 39.3 Å². The summed E-state index contributed by atoms with van der Waals surface area (Å²) in [6.07, 6.45) is 3.42. The van der Waals surface area contributed by atoms with E-state index < -0.39 is 0 Å². The number of nitrogens with two attached hydrogens (primary N) is 1. The van der Waals surface area contributed by atoms with Crippen LogP contribution in [0.4, 0.5) is 0 Å². The van der Waals surface area contributed by atoms with Crippen molar-refractivity contribution in [1.29, 1.82) is 0 Å². The summed E-state index contributed by atoms with van der Waals surface area (Å²) >= 11 is 0. The molecule has 1 aliphatic rings. The lowest BCUT2D eigenvalue weighted by Crippen LogP contribution is -2.40. The molecule has 112 valence electrons. The van der Waals surface area contributed by atoms with Crippen LogP contribution in [0.1, 0.15) is 35.8 Å². The summed E-state index contributed by atoms with van der Waals surface area (Å²) in [5.74, 6) is 0.321. The predicted octanol–water partition coefficient (Wildman–Crippen LogP) is 0.383. The van der Waals surface area contributed by atoms with Gasteiger partial charge in [0.15, 0.2) is 0 Å². The van der Waals surface area contributed by atoms with Crippen molar-refractivity contribution in [3.05, 3.63) is 17.5 Å². The number of nitrogens with zero attached hydrogens (tertiary/aromatic N) is 3. The number of carbonyl (C=O) groups is 1. The fraction of sp³-hybridized carbons (Fsp3) is 0.714. The fourth-order valence-electron chi connectivity index (χ4n) is 2.82. The molecular formula is C14H24N4O2. The molecule has 0 aromatic carbocycles. The molecular weight excluding hydrogens is 256 g/mol. The Labute approximate surface area is 119 Å². The van der Waals surface area contributed by atoms with Crippen molar-refractivity contribution < 1.29 is 9.90 Å². The van der Waals surface area contributed by atoms with Crippen molar-refractivity contribution >= 4 is 5.91 Å². The highest BCUT2D eigenvalue weighted by molar-refractivity contribution is 5.95. The average molecular weight is 280 g/mol. The second-order valence-electron chi connectivity index (χ2n) is 5.52. The van der Waals surface area contributed by atoms with Crippen molar-refractivity contribution in [2.75, 3.05) is 19.7 Å². The Morgan fingerprint density at radius 2 is 2.35 bits per heavy atom. The molecule has 1 aliphatic heterocycles. The molecule has 20 heavy (non-hydrogen) atoms. The Bertz CT molecular complexity index is 472. The van der Waals surface area contributed by atoms with Crippen LogP contribution in [-0.4, -0.2) is 51.4 Å². The minimum Gasteiger partial charge on any atom is -0.394 e. The number of aryl methyl sites for hydroxylation is 1. The van der Waals surface area contributed by atoms with E-state index in [9.17, 15) is 9.90 Å². The molecule has 3 N–H and O–H groups in total. The van der Waals surface area contributed by atoms with Gasteiger partial charge in [0.1, 0.15) is 0 Å². The number of rotatable bonds is 5. The van der Waals surface area contributed by atoms with Gasteiger partial charge in [-0.1, -0.05) is 6.92 Å². The van der Waals surface area contributed by atoms with Crippen molar-refractivity contribution in [3.8, 4) is 0 Å². The highest BCUT2D eigenvalue weighted by Gasteiger charge is 2.35. The summed E-state index contributed by atoms with van der Waals surface area (Å²) in [5.41, 5.74) is 7.01. The normalized spacial score (nSPS) is 22.5. The standard InChI is InChI=1S/C14H24N4O2/c1-10-4-7-17(13(10)9-19)14(20)12-8-16-18(11(12)2)6-3-5-15/h8,10,13,19H,3-7,9,15H2,1-2H3. The van der Waals surface area contributed by atoms with Crippen LogP contribution in [0.15, 0.2) is 6.20 Å². The van der Waals surface area contributed by atoms with Gasteiger partial charge in [-0.3, -0.25) is 9.48 Å². The monoisotopic (exact) mass is 280 g/mol. The maximum Gasteiger partial charge on any atom is 0.257 e. The van der Waals surface area contributed by atoms with Gasteiger partial charge in [0, 0.05) is 18.8 Å². The molecule has 2 unspecified atom stereocenters. The summed E-state index contributed by atoms with van der Waals surface area (Å²) in [5, 5.41) is 13.7. The molecule has 1 aromatic heterocycles. The molecule has 0 saturated carbocycles. The van der Waals surface area contributed by atoms with Crippen molar-refractivity contribution in [1.82, 2.24) is 14.7 Å². The molecule has 0 spiro atoms. The van der Waals surface area contributed by atoms with Crippen LogP contribution in [0, 0.1) is 12.8 Å². The number of likely N-dealkylation sites (tertiary alicyclic amines) is 1. The van der Waals surface area contributed by atoms with Gasteiger partial charge in [-0.05, 0) is 32.2 Å². The molecule has 2 rings (SSSR count). The zero-order valence-electron chi connectivity index (χ0n) is 12.2. The first-order chi connectivity index (χ1) is 9.60. The topological polar surface area (TPSA) is 84.4 Å². The summed E-state index contributed by atoms with van der Waals surface area (Å²) < 4.78 is 1.83. The van der Waals surface area contributed by atoms with E-state index in [1.165, 1.54) is 0 Å². The molecule has 6 nitrogen and oxygen atoms in total. The minimum absolute atomic E-state index is 0.0211. The number of hydrogen-bond acceptors (Lipinski definition) is 4. The van der Waals surface area contributed by atoms with Crippen LogP contribution in [-0.2, 0) is 6.54 Å². The minimum atomic E-state index is -0.0747. The number of hydrogen-bond donors (Lipinski definition) is 2. The van der Waals surface area contributed by atoms with E-state index in [-0.39, 0.29) is 18.6 Å². The second-order valence-corrected chi connectivity index (χ2v) is 5.52. The van der Waals surface area contributed by atoms with Crippen LogP contribution in [0.3, 0.4) is 0 Å². The number of aliphatic hydroxyl groups is 1. The van der Waals surface area contributed by atoms with Gasteiger partial charge in [0.2, 0.25) is 0 Å². The van der Waals surface area contributed by atoms with Gasteiger partial charge in [-0.2, -0.15) is 5.10 Å². The third kappa shape index (κ3) is 2.71. The van der Waals surface area contributed by atoms with Gasteiger partial charge >= 0.3 is 0 Å². The van der Waals surface area contributed by atoms with E-state index in [1.807, 2.05) is 11.6 Å². The molecule has 0 aliphatic carbocycles. The fourth-order valence-corrected chi connectivity index (χ4v) is 2.82. The number of amides is 1. The number of aliphatic hydroxyl groups excluding tert-OH is 1. The zero-order valence-corrected chi connectivity index (χ0v) is 12.2. The highest BCUT2D eigenvalue weighted by atomic mass is 16.3. The molecule has 2 heterocycles. The molecule has 1 saturated heterocycles. The molecule has 1 amide bonds. The summed E-state index contributed by atoms with van der Waals surface area (Å²) in [4.78, 5) is 14.4. The van der Waals surface area contributed by atoms with E-state index >= 15 is 0 Å². The maximum atomic E-state index is 12.6. The van der Waals surface area contributed by atoms with Crippen molar-refractivity contribution in [2.24, 2.45) is 11.7 Å². The summed E-state index contributed by atoms with van der Waals surface area (Å²) in [7, 11) is 0. The lowest BCUT2D eigenvalue weighted by molar-refractivity contribution is 0.0647. The third-order valence-electron chi connectivity index (χ3n) is 4.24. The highest BCUT2D eigenvalue weighted by Crippen LogP contribution is 2.26. The Morgan fingerprint density at radius 3 is 3.00 bits per heavy atom. The van der Waals surface area contributed by atoms with E-state index in [2.05, 4.69) is 12.0 Å². The first-order valence-corrected chi connectivity index (χ1v) is 7.24. The third-order valence-corrected chi connectivity index (χ3v) is 4.24. The van der Waals surface area contributed by atoms with Crippen LogP contribution >= 0.6 is 0 Å². The zero-order chi connectivity index (χ0) is 14.7. The lowest BCUT2D eigenvalue weighted by Gasteiger charge is -2.25. The largest absolute Gasteiger partial charge is 0.394 e. The van der Waals surface area contributed by atoms with Crippen LogP contribution in [0.5, 0.6) is 0 Å². The summed E-state index contributed by atoms with van der Waals surface area (Å²) in [6.45, 7) is 6.05. The lowest BCUT2D eigenvalue weighted by atomic mass is 10.0. The first-order valence-electron chi connectivity index (χ1n) is 7.24. The smallest absolute Gasteiger partial charge is 0.257 e. The molecule has 1 aromatic rings. The number of aromatic nitrogens is 2. The van der Waals surface area contributed by atoms with Gasteiger partial charge in [-0.15, -0.1) is 0 Å². The quantitative estimate of drug-likeness (QED) is 0.817. The Balaban J connectivity index is 2.15. The van der Waals surface area contributed by atoms with E-state index in [4.69, 9.17) is 5.73 Å². The van der Waals surface area contributed by atoms with E-state index in [0.29, 0.717) is 24.6 Å². The number of carbonyl (C=O) groups excluding carboxylic acids is 1. The molecule has 0 bridgehead atoms. The maximum absolute atomic E-state index is 12.6. The SMILES string of the molecule is Cc1c(C(=O)N2CCC(C)C2CO)cnn1CCCN. The molecule has 1 fully saturated rings. The van der Waals surface area contributed by atoms with E-state index in [0.717, 1.165) is 25.1 Å². The first kappa shape index (κ1) is 15.0. The molecule has 0 radical (unpaired) electrons. The predicted molar refractivity (Wildman–Crippen MR) is 76.3 cm³/mol. The molecule has 6 heteroatoms. The van der Waals surface area contributed by atoms with E-state index in [1.54, 1.807) is 11.1 Å². The van der Waals surface area contributed by atoms with Gasteiger partial charge < -0.3 is 15.7 Å². The van der Waals surface area contributed by atoms with Crippen LogP contribution in [0.2, 0.25) is 0 Å². The molecule has 2 atom stereocenters. The Hall–Kier alpha value is -1.40. The average Bonchev–Trinajstić information content (AvgIpc) is 2.99. The van der Waals surface area contributed by atoms with Crippen LogP contribution < -0.4 is 5.73 Å². The Morgan fingerprint density at radius 1 is 1.60 bits per heavy atom. The van der Waals surface area contributed by atoms with Crippen molar-refractivity contribution in [3.63, 3.8) is 0 Å². The second kappa shape index (κ2) is 6.37. The van der Waals surface area contributed by atoms with Crippen LogP contribution in [0.25, 0.3) is 0 Å².